The molecule has 0 radical (unpaired) electrons. The van der Waals surface area contributed by atoms with Gasteiger partial charge in [-0.05, 0) is 32.9 Å². The molecular weight excluding hydrogens is 425 g/mol. The van der Waals surface area contributed by atoms with Gasteiger partial charge in [-0.3, -0.25) is 9.69 Å². The molecule has 1 aromatic carbocycles. The quantitative estimate of drug-likeness (QED) is 0.543. The normalized spacial score (nSPS) is 16.4. The standard InChI is InChI=1S/C21H22FN3O3S2/c1-11(26)23-18-17(19-24-13-7-5-6-8-14(13)29-19)16-12(22)9-25(10-15(16)30-18)20(27)28-21(2,3)4/h5-8,12H,9-10H2,1-4H3,(H,23,26). The molecule has 0 saturated heterocycles. The van der Waals surface area contributed by atoms with Crippen LogP contribution in [-0.2, 0) is 16.1 Å². The van der Waals surface area contributed by atoms with E-state index in [1.807, 2.05) is 24.3 Å². The number of benzene rings is 1. The third-order valence-corrected chi connectivity index (χ3v) is 6.66. The minimum Gasteiger partial charge on any atom is -0.444 e. The second-order valence-electron chi connectivity index (χ2n) is 8.14. The summed E-state index contributed by atoms with van der Waals surface area (Å²) in [4.78, 5) is 31.0. The summed E-state index contributed by atoms with van der Waals surface area (Å²) < 4.78 is 21.8. The summed E-state index contributed by atoms with van der Waals surface area (Å²) in [6, 6.07) is 7.70. The Bertz CT molecular complexity index is 1100. The van der Waals surface area contributed by atoms with Crippen molar-refractivity contribution in [1.29, 1.82) is 0 Å². The molecule has 158 valence electrons. The predicted octanol–water partition coefficient (Wildman–Crippen LogP) is 5.74. The fourth-order valence-electron chi connectivity index (χ4n) is 3.37. The van der Waals surface area contributed by atoms with Crippen molar-refractivity contribution in [3.63, 3.8) is 0 Å². The number of amides is 2. The lowest BCUT2D eigenvalue weighted by molar-refractivity contribution is -0.114. The highest BCUT2D eigenvalue weighted by molar-refractivity contribution is 7.23. The van der Waals surface area contributed by atoms with Crippen molar-refractivity contribution in [2.45, 2.75) is 46.0 Å². The van der Waals surface area contributed by atoms with Gasteiger partial charge in [0.2, 0.25) is 5.91 Å². The molecule has 1 unspecified atom stereocenters. The molecule has 2 aromatic heterocycles. The Labute approximate surface area is 181 Å². The van der Waals surface area contributed by atoms with Crippen LogP contribution in [0.5, 0.6) is 0 Å². The number of thiazole rings is 1. The van der Waals surface area contributed by atoms with Crippen LogP contribution in [0.2, 0.25) is 0 Å². The summed E-state index contributed by atoms with van der Waals surface area (Å²) in [5.41, 5.74) is 1.28. The van der Waals surface area contributed by atoms with Gasteiger partial charge in [0.1, 0.15) is 21.8 Å². The predicted molar refractivity (Wildman–Crippen MR) is 118 cm³/mol. The van der Waals surface area contributed by atoms with Gasteiger partial charge in [-0.15, -0.1) is 22.7 Å². The van der Waals surface area contributed by atoms with Crippen LogP contribution in [0.3, 0.4) is 0 Å². The monoisotopic (exact) mass is 447 g/mol. The molecule has 3 heterocycles. The van der Waals surface area contributed by atoms with E-state index in [-0.39, 0.29) is 19.0 Å². The van der Waals surface area contributed by atoms with E-state index in [1.165, 1.54) is 34.5 Å². The lowest BCUT2D eigenvalue weighted by atomic mass is 10.0. The molecule has 30 heavy (non-hydrogen) atoms. The van der Waals surface area contributed by atoms with Gasteiger partial charge in [-0.1, -0.05) is 12.1 Å². The first-order valence-electron chi connectivity index (χ1n) is 9.53. The van der Waals surface area contributed by atoms with Crippen LogP contribution in [0, 0.1) is 0 Å². The van der Waals surface area contributed by atoms with Gasteiger partial charge in [-0.25, -0.2) is 14.2 Å². The van der Waals surface area contributed by atoms with Crippen LogP contribution in [0.15, 0.2) is 24.3 Å². The molecule has 1 aliphatic heterocycles. The van der Waals surface area contributed by atoms with Crippen molar-refractivity contribution in [3.8, 4) is 10.6 Å². The molecule has 4 rings (SSSR count). The van der Waals surface area contributed by atoms with Crippen molar-refractivity contribution in [2.75, 3.05) is 11.9 Å². The highest BCUT2D eigenvalue weighted by atomic mass is 32.1. The Morgan fingerprint density at radius 2 is 2.00 bits per heavy atom. The number of para-hydroxylation sites is 1. The van der Waals surface area contributed by atoms with Gasteiger partial charge in [0.25, 0.3) is 0 Å². The number of hydrogen-bond donors (Lipinski definition) is 1. The number of carbonyl (C=O) groups excluding carboxylic acids is 2. The van der Waals surface area contributed by atoms with Crippen LogP contribution >= 0.6 is 22.7 Å². The van der Waals surface area contributed by atoms with Crippen LogP contribution in [-0.4, -0.2) is 34.0 Å². The molecule has 1 N–H and O–H groups in total. The molecule has 0 saturated carbocycles. The van der Waals surface area contributed by atoms with E-state index in [0.29, 0.717) is 26.0 Å². The number of rotatable bonds is 2. The molecule has 0 aliphatic carbocycles. The first kappa shape index (κ1) is 20.7. The van der Waals surface area contributed by atoms with Gasteiger partial charge in [0.15, 0.2) is 0 Å². The van der Waals surface area contributed by atoms with Gasteiger partial charge < -0.3 is 10.1 Å². The average molecular weight is 448 g/mol. The molecule has 1 atom stereocenters. The molecule has 0 spiro atoms. The van der Waals surface area contributed by atoms with Gasteiger partial charge in [-0.2, -0.15) is 0 Å². The van der Waals surface area contributed by atoms with Crippen molar-refractivity contribution in [3.05, 3.63) is 34.7 Å². The zero-order valence-corrected chi connectivity index (χ0v) is 18.7. The average Bonchev–Trinajstić information content (AvgIpc) is 3.20. The Kier molecular flexibility index (Phi) is 5.27. The smallest absolute Gasteiger partial charge is 0.410 e. The fraction of sp³-hybridized carbons (Fsp3) is 0.381. The molecule has 0 bridgehead atoms. The van der Waals surface area contributed by atoms with Gasteiger partial charge in [0.05, 0.1) is 28.9 Å². The number of fused-ring (bicyclic) bond motifs is 2. The van der Waals surface area contributed by atoms with E-state index < -0.39 is 17.9 Å². The Hall–Kier alpha value is -2.52. The van der Waals surface area contributed by atoms with Crippen LogP contribution in [0.25, 0.3) is 20.8 Å². The molecule has 6 nitrogen and oxygen atoms in total. The number of nitrogens with one attached hydrogen (secondary N) is 1. The first-order chi connectivity index (χ1) is 14.1. The lowest BCUT2D eigenvalue weighted by Gasteiger charge is -2.31. The van der Waals surface area contributed by atoms with Crippen molar-refractivity contribution < 1.29 is 18.7 Å². The largest absolute Gasteiger partial charge is 0.444 e. The fourth-order valence-corrected chi connectivity index (χ4v) is 5.77. The number of hydrogen-bond acceptors (Lipinski definition) is 6. The summed E-state index contributed by atoms with van der Waals surface area (Å²) in [6.07, 6.45) is -1.95. The number of nitrogens with zero attached hydrogens (tertiary/aromatic N) is 2. The number of halogens is 1. The summed E-state index contributed by atoms with van der Waals surface area (Å²) in [6.45, 7) is 6.87. The Morgan fingerprint density at radius 3 is 2.67 bits per heavy atom. The number of thiophene rings is 1. The minimum absolute atomic E-state index is 0.101. The maximum absolute atomic E-state index is 15.4. The number of carbonyl (C=O) groups is 2. The van der Waals surface area contributed by atoms with E-state index >= 15 is 4.39 Å². The highest BCUT2D eigenvalue weighted by Gasteiger charge is 2.36. The highest BCUT2D eigenvalue weighted by Crippen LogP contribution is 2.49. The SMILES string of the molecule is CC(=O)Nc1sc2c(c1-c1nc3ccccc3s1)C(F)CN(C(=O)OC(C)(C)C)C2. The first-order valence-corrected chi connectivity index (χ1v) is 11.2. The summed E-state index contributed by atoms with van der Waals surface area (Å²) in [5, 5.41) is 4.04. The van der Waals surface area contributed by atoms with Crippen molar-refractivity contribution >= 4 is 49.9 Å². The topological polar surface area (TPSA) is 71.5 Å². The summed E-state index contributed by atoms with van der Waals surface area (Å²) in [5.74, 6) is -0.240. The summed E-state index contributed by atoms with van der Waals surface area (Å²) >= 11 is 2.74. The Morgan fingerprint density at radius 1 is 1.27 bits per heavy atom. The van der Waals surface area contributed by atoms with Crippen LogP contribution < -0.4 is 5.32 Å². The van der Waals surface area contributed by atoms with E-state index in [0.717, 1.165) is 10.2 Å². The lowest BCUT2D eigenvalue weighted by Crippen LogP contribution is -2.40. The Balaban J connectivity index is 1.77. The van der Waals surface area contributed by atoms with Crippen molar-refractivity contribution in [2.24, 2.45) is 0 Å². The molecule has 0 fully saturated rings. The molecular formula is C21H22FN3O3S2. The van der Waals surface area contributed by atoms with Crippen molar-refractivity contribution in [1.82, 2.24) is 9.88 Å². The molecule has 1 aliphatic rings. The van der Waals surface area contributed by atoms with E-state index in [2.05, 4.69) is 10.3 Å². The van der Waals surface area contributed by atoms with Crippen LogP contribution in [0.1, 0.15) is 44.3 Å². The summed E-state index contributed by atoms with van der Waals surface area (Å²) in [7, 11) is 0. The van der Waals surface area contributed by atoms with E-state index in [9.17, 15) is 9.59 Å². The maximum atomic E-state index is 15.4. The minimum atomic E-state index is -1.40. The van der Waals surface area contributed by atoms with E-state index in [4.69, 9.17) is 4.74 Å². The van der Waals surface area contributed by atoms with Gasteiger partial charge >= 0.3 is 6.09 Å². The van der Waals surface area contributed by atoms with Gasteiger partial charge in [0, 0.05) is 17.4 Å². The van der Waals surface area contributed by atoms with Crippen LogP contribution in [0.4, 0.5) is 14.2 Å². The molecule has 9 heteroatoms. The third-order valence-electron chi connectivity index (χ3n) is 4.50. The number of alkyl halides is 1. The molecule has 3 aromatic rings. The number of ether oxygens (including phenoxy) is 1. The van der Waals surface area contributed by atoms with E-state index in [1.54, 1.807) is 20.8 Å². The zero-order chi connectivity index (χ0) is 21.6. The maximum Gasteiger partial charge on any atom is 0.410 e. The zero-order valence-electron chi connectivity index (χ0n) is 17.1. The number of aromatic nitrogens is 1. The second-order valence-corrected chi connectivity index (χ2v) is 10.3. The second kappa shape index (κ2) is 7.63. The molecule has 2 amide bonds. The third kappa shape index (κ3) is 4.04. The number of anilines is 1.